The fraction of sp³-hybridized carbons (Fsp3) is 0.0909. The lowest BCUT2D eigenvalue weighted by molar-refractivity contribution is 0.572. The average Bonchev–Trinajstić information content (AvgIpc) is 2.85. The van der Waals surface area contributed by atoms with Crippen molar-refractivity contribution in [3.05, 3.63) is 35.8 Å². The van der Waals surface area contributed by atoms with Crippen LogP contribution in [0.15, 0.2) is 40.2 Å². The molecule has 2 aromatic rings. The second-order valence-electron chi connectivity index (χ2n) is 3.27. The molecular weight excluding hydrogens is 261 g/mol. The van der Waals surface area contributed by atoms with Crippen LogP contribution in [-0.4, -0.2) is 16.7 Å². The largest absolute Gasteiger partial charge is 0.443 e. The molecule has 0 unspecified atom stereocenters. The Bertz CT molecular complexity index is 538. The highest BCUT2D eigenvalue weighted by Gasteiger charge is 2.07. The zero-order chi connectivity index (χ0) is 12.3. The van der Waals surface area contributed by atoms with Gasteiger partial charge in [-0.25, -0.2) is 9.98 Å². The second kappa shape index (κ2) is 5.21. The average molecular weight is 270 g/mol. The number of hydrogen-bond acceptors (Lipinski definition) is 3. The quantitative estimate of drug-likeness (QED) is 0.529. The molecule has 17 heavy (non-hydrogen) atoms. The minimum Gasteiger partial charge on any atom is -0.443 e. The summed E-state index contributed by atoms with van der Waals surface area (Å²) in [6.07, 6.45) is 2.92. The molecule has 0 fully saturated rings. The number of oxazole rings is 1. The maximum absolute atomic E-state index is 6.06. The Kier molecular flexibility index (Phi) is 3.66. The van der Waals surface area contributed by atoms with Crippen LogP contribution >= 0.6 is 23.2 Å². The lowest BCUT2D eigenvalue weighted by Crippen LogP contribution is -2.12. The van der Waals surface area contributed by atoms with Crippen LogP contribution in [0.5, 0.6) is 0 Å². The molecule has 0 aliphatic carbocycles. The Balaban J connectivity index is 2.44. The summed E-state index contributed by atoms with van der Waals surface area (Å²) in [5.41, 5.74) is 6.94. The smallest absolute Gasteiger partial charge is 0.181 e. The predicted octanol–water partition coefficient (Wildman–Crippen LogP) is 3.22. The molecule has 0 atom stereocenters. The number of halogens is 2. The summed E-state index contributed by atoms with van der Waals surface area (Å²) in [6, 6.07) is 5.24. The molecule has 0 aliphatic heterocycles. The number of aliphatic imine (C=N–C) groups is 1. The van der Waals surface area contributed by atoms with Gasteiger partial charge in [0.05, 0.1) is 22.8 Å². The van der Waals surface area contributed by atoms with Gasteiger partial charge in [0.15, 0.2) is 12.2 Å². The zero-order valence-corrected chi connectivity index (χ0v) is 10.2. The number of alkyl halides is 1. The third-order valence-electron chi connectivity index (χ3n) is 2.06. The second-order valence-corrected chi connectivity index (χ2v) is 3.94. The van der Waals surface area contributed by atoms with Gasteiger partial charge in [0, 0.05) is 5.56 Å². The van der Waals surface area contributed by atoms with E-state index in [1.54, 1.807) is 24.4 Å². The van der Waals surface area contributed by atoms with Crippen molar-refractivity contribution in [2.24, 2.45) is 10.7 Å². The van der Waals surface area contributed by atoms with Gasteiger partial charge in [0.2, 0.25) is 0 Å². The molecule has 0 bridgehead atoms. The minimum atomic E-state index is 0.181. The summed E-state index contributed by atoms with van der Waals surface area (Å²) in [7, 11) is 0. The van der Waals surface area contributed by atoms with E-state index in [0.29, 0.717) is 27.9 Å². The molecule has 0 radical (unpaired) electrons. The maximum atomic E-state index is 6.06. The van der Waals surface area contributed by atoms with Gasteiger partial charge in [0.1, 0.15) is 5.84 Å². The number of hydrogen-bond donors (Lipinski definition) is 1. The number of rotatable bonds is 3. The topological polar surface area (TPSA) is 64.4 Å². The molecule has 0 saturated carbocycles. The molecule has 6 heteroatoms. The summed E-state index contributed by atoms with van der Waals surface area (Å²) < 4.78 is 5.19. The van der Waals surface area contributed by atoms with E-state index < -0.39 is 0 Å². The normalized spacial score (nSPS) is 11.8. The SMILES string of the molecule is NC(CCl)=Nc1ccc(Cl)c(-c2cnco2)c1. The minimum absolute atomic E-state index is 0.181. The predicted molar refractivity (Wildman–Crippen MR) is 69.0 cm³/mol. The molecule has 1 aromatic heterocycles. The van der Waals surface area contributed by atoms with E-state index in [-0.39, 0.29) is 5.88 Å². The fourth-order valence-electron chi connectivity index (χ4n) is 1.32. The standard InChI is InChI=1S/C11H9Cl2N3O/c12-4-11(14)16-7-1-2-9(13)8(3-7)10-5-15-6-17-10/h1-3,5-6H,4H2,(H2,14,16). The molecule has 0 spiro atoms. The Morgan fingerprint density at radius 1 is 1.47 bits per heavy atom. The number of nitrogens with zero attached hydrogens (tertiary/aromatic N) is 2. The van der Waals surface area contributed by atoms with Gasteiger partial charge in [-0.05, 0) is 18.2 Å². The molecule has 1 heterocycles. The van der Waals surface area contributed by atoms with Crippen LogP contribution in [-0.2, 0) is 0 Å². The van der Waals surface area contributed by atoms with Crippen molar-refractivity contribution in [3.8, 4) is 11.3 Å². The summed E-state index contributed by atoms with van der Waals surface area (Å²) >= 11 is 11.6. The molecule has 0 amide bonds. The highest BCUT2D eigenvalue weighted by molar-refractivity contribution is 6.33. The van der Waals surface area contributed by atoms with Crippen LogP contribution in [0.2, 0.25) is 5.02 Å². The maximum Gasteiger partial charge on any atom is 0.181 e. The van der Waals surface area contributed by atoms with Crippen molar-refractivity contribution >= 4 is 34.7 Å². The Morgan fingerprint density at radius 2 is 2.29 bits per heavy atom. The Morgan fingerprint density at radius 3 is 2.94 bits per heavy atom. The Labute approximate surface area is 108 Å². The van der Waals surface area contributed by atoms with Crippen molar-refractivity contribution < 1.29 is 4.42 Å². The summed E-state index contributed by atoms with van der Waals surface area (Å²) in [4.78, 5) is 7.97. The first-order valence-electron chi connectivity index (χ1n) is 4.78. The molecule has 0 saturated heterocycles. The van der Waals surface area contributed by atoms with Crippen LogP contribution in [0.1, 0.15) is 0 Å². The van der Waals surface area contributed by atoms with E-state index in [1.807, 2.05) is 0 Å². The molecule has 2 N–H and O–H groups in total. The van der Waals surface area contributed by atoms with Crippen molar-refractivity contribution in [1.82, 2.24) is 4.98 Å². The molecule has 4 nitrogen and oxygen atoms in total. The fourth-order valence-corrected chi connectivity index (χ4v) is 1.59. The van der Waals surface area contributed by atoms with Gasteiger partial charge in [0.25, 0.3) is 0 Å². The lowest BCUT2D eigenvalue weighted by atomic mass is 10.1. The monoisotopic (exact) mass is 269 g/mol. The third kappa shape index (κ3) is 2.78. The van der Waals surface area contributed by atoms with Gasteiger partial charge < -0.3 is 10.2 Å². The molecule has 2 rings (SSSR count). The first kappa shape index (κ1) is 12.0. The van der Waals surface area contributed by atoms with E-state index in [4.69, 9.17) is 33.4 Å². The van der Waals surface area contributed by atoms with Crippen LogP contribution < -0.4 is 5.73 Å². The van der Waals surface area contributed by atoms with Gasteiger partial charge in [-0.15, -0.1) is 11.6 Å². The zero-order valence-electron chi connectivity index (χ0n) is 8.73. The van der Waals surface area contributed by atoms with E-state index in [0.717, 1.165) is 0 Å². The highest BCUT2D eigenvalue weighted by atomic mass is 35.5. The first-order valence-corrected chi connectivity index (χ1v) is 5.69. The van der Waals surface area contributed by atoms with Gasteiger partial charge >= 0.3 is 0 Å². The van der Waals surface area contributed by atoms with Gasteiger partial charge in [-0.3, -0.25) is 0 Å². The van der Waals surface area contributed by atoms with E-state index in [9.17, 15) is 0 Å². The van der Waals surface area contributed by atoms with Crippen molar-refractivity contribution in [2.75, 3.05) is 5.88 Å². The summed E-state index contributed by atoms with van der Waals surface area (Å²) in [6.45, 7) is 0. The summed E-state index contributed by atoms with van der Waals surface area (Å²) in [5, 5.41) is 0.560. The number of benzene rings is 1. The summed E-state index contributed by atoms with van der Waals surface area (Å²) in [5.74, 6) is 1.11. The van der Waals surface area contributed by atoms with E-state index >= 15 is 0 Å². The van der Waals surface area contributed by atoms with Gasteiger partial charge in [-0.1, -0.05) is 11.6 Å². The molecule has 88 valence electrons. The van der Waals surface area contributed by atoms with Crippen molar-refractivity contribution in [2.45, 2.75) is 0 Å². The Hall–Kier alpha value is -1.52. The van der Waals surface area contributed by atoms with E-state index in [2.05, 4.69) is 9.98 Å². The van der Waals surface area contributed by atoms with Crippen LogP contribution in [0.25, 0.3) is 11.3 Å². The highest BCUT2D eigenvalue weighted by Crippen LogP contribution is 2.31. The number of nitrogens with two attached hydrogens (primary N) is 1. The molecule has 0 aliphatic rings. The third-order valence-corrected chi connectivity index (χ3v) is 2.66. The van der Waals surface area contributed by atoms with Crippen molar-refractivity contribution in [1.29, 1.82) is 0 Å². The number of aromatic nitrogens is 1. The first-order chi connectivity index (χ1) is 8.20. The molecule has 1 aromatic carbocycles. The van der Waals surface area contributed by atoms with Crippen molar-refractivity contribution in [3.63, 3.8) is 0 Å². The van der Waals surface area contributed by atoms with Crippen LogP contribution in [0.3, 0.4) is 0 Å². The number of amidine groups is 1. The lowest BCUT2D eigenvalue weighted by Gasteiger charge is -2.02. The van der Waals surface area contributed by atoms with E-state index in [1.165, 1.54) is 6.39 Å². The van der Waals surface area contributed by atoms with Crippen LogP contribution in [0, 0.1) is 0 Å². The molecular formula is C11H9Cl2N3O. The van der Waals surface area contributed by atoms with Gasteiger partial charge in [-0.2, -0.15) is 0 Å². The van der Waals surface area contributed by atoms with Crippen LogP contribution in [0.4, 0.5) is 5.69 Å².